The molecule has 0 spiro atoms. The van der Waals surface area contributed by atoms with E-state index in [1.165, 1.54) is 25.4 Å². The molecule has 0 unspecified atom stereocenters. The molecule has 1 fully saturated rings. The van der Waals surface area contributed by atoms with Crippen LogP contribution in [-0.4, -0.2) is 25.3 Å². The molecule has 1 aliphatic rings. The van der Waals surface area contributed by atoms with Gasteiger partial charge < -0.3 is 9.30 Å². The van der Waals surface area contributed by atoms with Crippen molar-refractivity contribution in [3.8, 4) is 16.9 Å². The molecule has 25 heavy (non-hydrogen) atoms. The topological polar surface area (TPSA) is 65.4 Å². The summed E-state index contributed by atoms with van der Waals surface area (Å²) in [6, 6.07) is 5.70. The molecule has 3 rings (SSSR count). The minimum Gasteiger partial charge on any atom is -0.493 e. The molecular weight excluding hydrogens is 345 g/mol. The van der Waals surface area contributed by atoms with Crippen molar-refractivity contribution in [1.29, 1.82) is 0 Å². The van der Waals surface area contributed by atoms with Gasteiger partial charge in [0.1, 0.15) is 5.75 Å². The van der Waals surface area contributed by atoms with E-state index in [2.05, 4.69) is 0 Å². The third-order valence-corrected chi connectivity index (χ3v) is 6.04. The van der Waals surface area contributed by atoms with Crippen LogP contribution in [0.15, 0.2) is 40.2 Å². The smallest absolute Gasteiger partial charge is 0.286 e. The van der Waals surface area contributed by atoms with E-state index >= 15 is 0 Å². The monoisotopic (exact) mass is 365 g/mol. The number of rotatable bonds is 6. The van der Waals surface area contributed by atoms with Gasteiger partial charge >= 0.3 is 0 Å². The summed E-state index contributed by atoms with van der Waals surface area (Å²) < 4.78 is 45.2. The second-order valence-electron chi connectivity index (χ2n) is 6.31. The van der Waals surface area contributed by atoms with Crippen LogP contribution in [0.1, 0.15) is 19.8 Å². The minimum atomic E-state index is -3.41. The highest BCUT2D eigenvalue weighted by molar-refractivity contribution is 7.91. The molecule has 2 aromatic rings. The number of benzene rings is 1. The van der Waals surface area contributed by atoms with Gasteiger partial charge in [0.25, 0.3) is 5.56 Å². The first-order valence-corrected chi connectivity index (χ1v) is 9.83. The number of halogens is 1. The third kappa shape index (κ3) is 3.76. The maximum absolute atomic E-state index is 13.9. The fourth-order valence-corrected chi connectivity index (χ4v) is 3.44. The van der Waals surface area contributed by atoms with Gasteiger partial charge in [0, 0.05) is 24.4 Å². The van der Waals surface area contributed by atoms with Crippen LogP contribution >= 0.6 is 0 Å². The van der Waals surface area contributed by atoms with E-state index in [4.69, 9.17) is 4.74 Å². The van der Waals surface area contributed by atoms with Gasteiger partial charge in [-0.05, 0) is 43.0 Å². The molecule has 7 heteroatoms. The number of sulfone groups is 1. The van der Waals surface area contributed by atoms with Crippen molar-refractivity contribution in [3.63, 3.8) is 0 Å². The Morgan fingerprint density at radius 2 is 2.00 bits per heavy atom. The normalized spacial score (nSPS) is 14.5. The molecule has 0 atom stereocenters. The highest BCUT2D eigenvalue weighted by Crippen LogP contribution is 2.35. The molecule has 0 aliphatic heterocycles. The number of ether oxygens (including phenoxy) is 1. The first-order valence-electron chi connectivity index (χ1n) is 8.18. The highest BCUT2D eigenvalue weighted by Gasteiger charge is 2.23. The molecule has 0 amide bonds. The zero-order valence-corrected chi connectivity index (χ0v) is 15.0. The Kier molecular flexibility index (Phi) is 4.69. The maximum atomic E-state index is 13.9. The summed E-state index contributed by atoms with van der Waals surface area (Å²) in [6.07, 6.45) is 3.71. The van der Waals surface area contributed by atoms with Crippen molar-refractivity contribution in [2.24, 2.45) is 13.0 Å². The predicted molar refractivity (Wildman–Crippen MR) is 93.0 cm³/mol. The lowest BCUT2D eigenvalue weighted by Crippen LogP contribution is -2.19. The third-order valence-electron chi connectivity index (χ3n) is 4.31. The van der Waals surface area contributed by atoms with Gasteiger partial charge in [0.2, 0.25) is 0 Å². The molecule has 1 aliphatic carbocycles. The van der Waals surface area contributed by atoms with Gasteiger partial charge in [-0.2, -0.15) is 0 Å². The van der Waals surface area contributed by atoms with Crippen molar-refractivity contribution in [1.82, 2.24) is 4.57 Å². The molecule has 1 aromatic heterocycles. The Bertz CT molecular complexity index is 935. The van der Waals surface area contributed by atoms with Gasteiger partial charge in [-0.25, -0.2) is 12.8 Å². The van der Waals surface area contributed by atoms with Crippen molar-refractivity contribution < 1.29 is 17.5 Å². The summed E-state index contributed by atoms with van der Waals surface area (Å²) in [5.41, 5.74) is 0.129. The van der Waals surface area contributed by atoms with Crippen molar-refractivity contribution >= 4 is 9.84 Å². The van der Waals surface area contributed by atoms with Crippen molar-refractivity contribution in [2.75, 3.05) is 12.4 Å². The summed E-state index contributed by atoms with van der Waals surface area (Å²) in [6.45, 7) is 2.11. The Morgan fingerprint density at radius 3 is 2.60 bits per heavy atom. The number of nitrogens with zero attached hydrogens (tertiary/aromatic N) is 1. The van der Waals surface area contributed by atoms with Crippen LogP contribution in [0.5, 0.6) is 5.75 Å². The number of pyridine rings is 1. The molecule has 0 radical (unpaired) electrons. The van der Waals surface area contributed by atoms with E-state index in [-0.39, 0.29) is 10.6 Å². The van der Waals surface area contributed by atoms with E-state index in [9.17, 15) is 17.6 Å². The molecule has 0 bridgehead atoms. The van der Waals surface area contributed by atoms with Crippen LogP contribution in [-0.2, 0) is 16.9 Å². The Balaban J connectivity index is 2.12. The van der Waals surface area contributed by atoms with Crippen LogP contribution in [0.2, 0.25) is 0 Å². The fraction of sp³-hybridized carbons (Fsp3) is 0.389. The van der Waals surface area contributed by atoms with E-state index < -0.39 is 21.2 Å². The summed E-state index contributed by atoms with van der Waals surface area (Å²) in [7, 11) is -1.96. The second-order valence-corrected chi connectivity index (χ2v) is 8.59. The van der Waals surface area contributed by atoms with Crippen LogP contribution in [0, 0.1) is 11.7 Å². The minimum absolute atomic E-state index is 0.0314. The zero-order chi connectivity index (χ0) is 18.2. The first kappa shape index (κ1) is 17.7. The van der Waals surface area contributed by atoms with Crippen LogP contribution < -0.4 is 10.3 Å². The molecule has 1 aromatic carbocycles. The van der Waals surface area contributed by atoms with Gasteiger partial charge in [-0.15, -0.1) is 0 Å². The molecule has 0 saturated heterocycles. The summed E-state index contributed by atoms with van der Waals surface area (Å²) in [4.78, 5) is 11.7. The van der Waals surface area contributed by atoms with Gasteiger partial charge in [-0.3, -0.25) is 4.79 Å². The van der Waals surface area contributed by atoms with E-state index in [0.29, 0.717) is 29.4 Å². The SMILES string of the molecule is CCS(=O)(=O)c1ccc(OCC2CC2)c(-c2cc(F)c(=O)n(C)c2)c1. The van der Waals surface area contributed by atoms with Crippen LogP contribution in [0.4, 0.5) is 4.39 Å². The van der Waals surface area contributed by atoms with Gasteiger partial charge in [0.05, 0.1) is 17.3 Å². The summed E-state index contributed by atoms with van der Waals surface area (Å²) >= 11 is 0. The highest BCUT2D eigenvalue weighted by atomic mass is 32.2. The van der Waals surface area contributed by atoms with Crippen LogP contribution in [0.3, 0.4) is 0 Å². The standard InChI is InChI=1S/C18H20FNO4S/c1-3-25(22,23)14-6-7-17(24-11-12-4-5-12)15(9-14)13-8-16(19)18(21)20(2)10-13/h6-10,12H,3-5,11H2,1-2H3. The molecule has 1 heterocycles. The second kappa shape index (κ2) is 6.63. The lowest BCUT2D eigenvalue weighted by atomic mass is 10.1. The van der Waals surface area contributed by atoms with E-state index in [1.54, 1.807) is 13.0 Å². The Labute approximate surface area is 146 Å². The van der Waals surface area contributed by atoms with E-state index in [1.807, 2.05) is 0 Å². The van der Waals surface area contributed by atoms with Crippen molar-refractivity contribution in [3.05, 3.63) is 46.6 Å². The van der Waals surface area contributed by atoms with Gasteiger partial charge in [-0.1, -0.05) is 6.92 Å². The Hall–Kier alpha value is -2.15. The molecular formula is C18H20FNO4S. The zero-order valence-electron chi connectivity index (χ0n) is 14.2. The first-order chi connectivity index (χ1) is 11.8. The average Bonchev–Trinajstić information content (AvgIpc) is 3.41. The fourth-order valence-electron chi connectivity index (χ4n) is 2.53. The largest absolute Gasteiger partial charge is 0.493 e. The number of hydrogen-bond donors (Lipinski definition) is 0. The predicted octanol–water partition coefficient (Wildman–Crippen LogP) is 2.77. The number of aromatic nitrogens is 1. The maximum Gasteiger partial charge on any atom is 0.286 e. The molecule has 0 N–H and O–H groups in total. The lowest BCUT2D eigenvalue weighted by Gasteiger charge is -2.14. The van der Waals surface area contributed by atoms with Gasteiger partial charge in [0.15, 0.2) is 15.7 Å². The quantitative estimate of drug-likeness (QED) is 0.790. The van der Waals surface area contributed by atoms with E-state index in [0.717, 1.165) is 23.5 Å². The lowest BCUT2D eigenvalue weighted by molar-refractivity contribution is 0.301. The van der Waals surface area contributed by atoms with Crippen molar-refractivity contribution in [2.45, 2.75) is 24.7 Å². The molecule has 134 valence electrons. The average molecular weight is 365 g/mol. The molecule has 1 saturated carbocycles. The van der Waals surface area contributed by atoms with Crippen LogP contribution in [0.25, 0.3) is 11.1 Å². The summed E-state index contributed by atoms with van der Waals surface area (Å²) in [5, 5.41) is 0. The number of hydrogen-bond acceptors (Lipinski definition) is 4. The number of aryl methyl sites for hydroxylation is 1. The summed E-state index contributed by atoms with van der Waals surface area (Å²) in [5.74, 6) is 0.0803. The Morgan fingerprint density at radius 1 is 1.28 bits per heavy atom. The molecule has 5 nitrogen and oxygen atoms in total.